The van der Waals surface area contributed by atoms with E-state index in [4.69, 9.17) is 9.84 Å². The molecule has 1 aromatic carbocycles. The lowest BCUT2D eigenvalue weighted by atomic mass is 10.2. The molecule has 1 saturated heterocycles. The number of ether oxygens (including phenoxy) is 1. The van der Waals surface area contributed by atoms with E-state index in [1.165, 1.54) is 12.3 Å². The van der Waals surface area contributed by atoms with Crippen molar-refractivity contribution in [2.45, 2.75) is 18.6 Å². The van der Waals surface area contributed by atoms with Crippen LogP contribution in [0.5, 0.6) is 11.5 Å². The summed E-state index contributed by atoms with van der Waals surface area (Å²) in [5.74, 6) is -0.860. The molecule has 9 heteroatoms. The molecule has 1 aliphatic rings. The topological polar surface area (TPSA) is 121 Å². The van der Waals surface area contributed by atoms with Crippen molar-refractivity contribution in [2.24, 2.45) is 10.2 Å². The summed E-state index contributed by atoms with van der Waals surface area (Å²) in [5, 5.41) is 28.0. The van der Waals surface area contributed by atoms with Crippen LogP contribution in [-0.2, 0) is 9.59 Å². The number of thioether (sulfide) groups is 1. The van der Waals surface area contributed by atoms with Crippen molar-refractivity contribution in [3.63, 3.8) is 0 Å². The Morgan fingerprint density at radius 1 is 1.52 bits per heavy atom. The van der Waals surface area contributed by atoms with Crippen molar-refractivity contribution < 1.29 is 24.5 Å². The van der Waals surface area contributed by atoms with Crippen LogP contribution in [0, 0.1) is 0 Å². The second kappa shape index (κ2) is 7.63. The number of benzene rings is 1. The molecule has 1 fully saturated rings. The molecule has 0 radical (unpaired) electrons. The molecule has 1 atom stereocenters. The first-order valence-electron chi connectivity index (χ1n) is 6.75. The maximum Gasteiger partial charge on any atom is 0.305 e. The standard InChI is InChI=1S/C14H15N3O5S/c1-2-22-9-3-4-10(18)8(5-9)7-15-17-14-16-13(21)11(23-14)6-12(19)20/h3-5,7,11,18H,2,6H2,1H3,(H,19,20)(H,16,17,21). The van der Waals surface area contributed by atoms with Gasteiger partial charge in [0.2, 0.25) is 5.91 Å². The van der Waals surface area contributed by atoms with Gasteiger partial charge in [0.15, 0.2) is 5.17 Å². The monoisotopic (exact) mass is 337 g/mol. The predicted molar refractivity (Wildman–Crippen MR) is 86.1 cm³/mol. The van der Waals surface area contributed by atoms with Gasteiger partial charge in [-0.05, 0) is 25.1 Å². The van der Waals surface area contributed by atoms with Crippen molar-refractivity contribution in [1.29, 1.82) is 0 Å². The minimum Gasteiger partial charge on any atom is -0.507 e. The normalized spacial score (nSPS) is 19.3. The average Bonchev–Trinajstić information content (AvgIpc) is 2.82. The van der Waals surface area contributed by atoms with Crippen LogP contribution in [0.1, 0.15) is 18.9 Å². The maximum absolute atomic E-state index is 11.5. The smallest absolute Gasteiger partial charge is 0.305 e. The van der Waals surface area contributed by atoms with Gasteiger partial charge in [-0.1, -0.05) is 11.8 Å². The number of aliphatic carboxylic acids is 1. The van der Waals surface area contributed by atoms with Crippen molar-refractivity contribution >= 4 is 35.0 Å². The fourth-order valence-electron chi connectivity index (χ4n) is 1.78. The fraction of sp³-hybridized carbons (Fsp3) is 0.286. The van der Waals surface area contributed by atoms with Crippen LogP contribution in [0.4, 0.5) is 0 Å². The molecule has 0 aromatic heterocycles. The van der Waals surface area contributed by atoms with Gasteiger partial charge in [-0.15, -0.1) is 5.10 Å². The van der Waals surface area contributed by atoms with Gasteiger partial charge in [-0.25, -0.2) is 0 Å². The van der Waals surface area contributed by atoms with Crippen LogP contribution in [0.15, 0.2) is 28.4 Å². The van der Waals surface area contributed by atoms with Crippen molar-refractivity contribution in [3.05, 3.63) is 23.8 Å². The summed E-state index contributed by atoms with van der Waals surface area (Å²) in [6.07, 6.45) is 1.04. The van der Waals surface area contributed by atoms with Crippen LogP contribution in [0.2, 0.25) is 0 Å². The van der Waals surface area contributed by atoms with Gasteiger partial charge in [0, 0.05) is 5.56 Å². The highest BCUT2D eigenvalue weighted by atomic mass is 32.2. The van der Waals surface area contributed by atoms with Gasteiger partial charge in [-0.2, -0.15) is 5.10 Å². The van der Waals surface area contributed by atoms with Gasteiger partial charge < -0.3 is 20.3 Å². The van der Waals surface area contributed by atoms with Crippen LogP contribution in [-0.4, -0.2) is 45.3 Å². The Kier molecular flexibility index (Phi) is 5.58. The van der Waals surface area contributed by atoms with E-state index in [9.17, 15) is 14.7 Å². The van der Waals surface area contributed by atoms with E-state index in [2.05, 4.69) is 15.5 Å². The zero-order chi connectivity index (χ0) is 16.8. The third-order valence-electron chi connectivity index (χ3n) is 2.79. The molecular weight excluding hydrogens is 322 g/mol. The maximum atomic E-state index is 11.5. The number of phenols is 1. The molecule has 1 heterocycles. The molecule has 0 spiro atoms. The first kappa shape index (κ1) is 16.8. The van der Waals surface area contributed by atoms with Crippen molar-refractivity contribution in [1.82, 2.24) is 5.32 Å². The summed E-state index contributed by atoms with van der Waals surface area (Å²) in [5.41, 5.74) is 0.414. The quantitative estimate of drug-likeness (QED) is 0.529. The number of nitrogens with zero attached hydrogens (tertiary/aromatic N) is 2. The van der Waals surface area contributed by atoms with Crippen molar-refractivity contribution in [2.75, 3.05) is 6.61 Å². The summed E-state index contributed by atoms with van der Waals surface area (Å²) in [6.45, 7) is 2.34. The third-order valence-corrected chi connectivity index (χ3v) is 3.86. The minimum absolute atomic E-state index is 0.0178. The number of aromatic hydroxyl groups is 1. The Balaban J connectivity index is 2.05. The van der Waals surface area contributed by atoms with Gasteiger partial charge in [0.1, 0.15) is 16.7 Å². The van der Waals surface area contributed by atoms with Crippen LogP contribution >= 0.6 is 11.8 Å². The average molecular weight is 337 g/mol. The van der Waals surface area contributed by atoms with Gasteiger partial charge in [0.05, 0.1) is 19.2 Å². The van der Waals surface area contributed by atoms with Crippen LogP contribution in [0.3, 0.4) is 0 Å². The number of nitrogens with one attached hydrogen (secondary N) is 1. The zero-order valence-electron chi connectivity index (χ0n) is 12.2. The summed E-state index contributed by atoms with van der Waals surface area (Å²) in [7, 11) is 0. The van der Waals surface area contributed by atoms with E-state index in [0.29, 0.717) is 17.9 Å². The molecule has 122 valence electrons. The molecular formula is C14H15N3O5S. The van der Waals surface area contributed by atoms with Gasteiger partial charge in [-0.3, -0.25) is 9.59 Å². The second-order valence-electron chi connectivity index (χ2n) is 4.50. The first-order chi connectivity index (χ1) is 11.0. The van der Waals surface area contributed by atoms with Crippen LogP contribution in [0.25, 0.3) is 0 Å². The number of hydrogen-bond donors (Lipinski definition) is 3. The zero-order valence-corrected chi connectivity index (χ0v) is 13.0. The number of carbonyl (C=O) groups excluding carboxylic acids is 1. The lowest BCUT2D eigenvalue weighted by Gasteiger charge is -2.04. The van der Waals surface area contributed by atoms with Crippen LogP contribution < -0.4 is 10.1 Å². The Labute approximate surface area is 136 Å². The molecule has 2 rings (SSSR count). The lowest BCUT2D eigenvalue weighted by Crippen LogP contribution is -2.26. The van der Waals surface area contributed by atoms with Gasteiger partial charge >= 0.3 is 5.97 Å². The highest BCUT2D eigenvalue weighted by Gasteiger charge is 2.32. The Morgan fingerprint density at radius 3 is 3.00 bits per heavy atom. The molecule has 0 saturated carbocycles. The molecule has 1 aliphatic heterocycles. The number of carboxylic acids is 1. The Bertz CT molecular complexity index is 674. The van der Waals surface area contributed by atoms with E-state index >= 15 is 0 Å². The largest absolute Gasteiger partial charge is 0.507 e. The summed E-state index contributed by atoms with van der Waals surface area (Å²) < 4.78 is 5.32. The van der Waals surface area contributed by atoms with Gasteiger partial charge in [0.25, 0.3) is 0 Å². The second-order valence-corrected chi connectivity index (χ2v) is 5.69. The molecule has 1 amide bonds. The molecule has 0 aliphatic carbocycles. The number of carbonyl (C=O) groups is 2. The molecule has 0 bridgehead atoms. The number of amides is 1. The summed E-state index contributed by atoms with van der Waals surface area (Å²) >= 11 is 1.01. The third kappa shape index (κ3) is 4.71. The van der Waals surface area contributed by atoms with E-state index in [1.54, 1.807) is 12.1 Å². The van der Waals surface area contributed by atoms with Crippen molar-refractivity contribution in [3.8, 4) is 11.5 Å². The lowest BCUT2D eigenvalue weighted by molar-refractivity contribution is -0.138. The fourth-order valence-corrected chi connectivity index (χ4v) is 2.70. The summed E-state index contributed by atoms with van der Waals surface area (Å²) in [4.78, 5) is 22.2. The molecule has 1 aromatic rings. The number of amidine groups is 1. The molecule has 23 heavy (non-hydrogen) atoms. The van der Waals surface area contributed by atoms with E-state index in [-0.39, 0.29) is 17.3 Å². The molecule has 8 nitrogen and oxygen atoms in total. The number of rotatable bonds is 6. The highest BCUT2D eigenvalue weighted by Crippen LogP contribution is 2.23. The highest BCUT2D eigenvalue weighted by molar-refractivity contribution is 8.15. The predicted octanol–water partition coefficient (Wildman–Crippen LogP) is 1.19. The molecule has 1 unspecified atom stereocenters. The molecule has 3 N–H and O–H groups in total. The first-order valence-corrected chi connectivity index (χ1v) is 7.63. The SMILES string of the molecule is CCOc1ccc(O)c(C=NN=C2NC(=O)C(CC(=O)O)S2)c1. The minimum atomic E-state index is -1.06. The Morgan fingerprint density at radius 2 is 2.30 bits per heavy atom. The summed E-state index contributed by atoms with van der Waals surface area (Å²) in [6, 6.07) is 4.72. The Hall–Kier alpha value is -2.55. The number of hydrogen-bond acceptors (Lipinski definition) is 7. The van der Waals surface area contributed by atoms with E-state index < -0.39 is 17.1 Å². The number of carboxylic acid groups (broad SMARTS) is 1. The van der Waals surface area contributed by atoms with E-state index in [0.717, 1.165) is 11.8 Å². The number of phenolic OH excluding ortho intramolecular Hbond substituents is 1. The van der Waals surface area contributed by atoms with E-state index in [1.807, 2.05) is 6.92 Å².